The van der Waals surface area contributed by atoms with Crippen LogP contribution in [0.5, 0.6) is 0 Å². The molecule has 0 saturated carbocycles. The Labute approximate surface area is 164 Å². The molecule has 2 aliphatic rings. The minimum atomic E-state index is -0.855. The molecule has 2 aliphatic heterocycles. The molecule has 0 spiro atoms. The number of hydrogen-bond acceptors (Lipinski definition) is 4. The number of benzene rings is 1. The van der Waals surface area contributed by atoms with Crippen LogP contribution >= 0.6 is 0 Å². The van der Waals surface area contributed by atoms with E-state index in [-0.39, 0.29) is 24.9 Å². The van der Waals surface area contributed by atoms with Crippen molar-refractivity contribution in [3.63, 3.8) is 0 Å². The molecule has 3 rings (SSSR count). The number of nitrogens with one attached hydrogen (secondary N) is 2. The molecule has 0 unspecified atom stereocenters. The molecule has 1 aromatic carbocycles. The van der Waals surface area contributed by atoms with E-state index < -0.39 is 23.1 Å². The van der Waals surface area contributed by atoms with Gasteiger partial charge in [-0.25, -0.2) is 9.59 Å². The second-order valence-corrected chi connectivity index (χ2v) is 7.83. The van der Waals surface area contributed by atoms with Crippen molar-refractivity contribution in [2.45, 2.75) is 64.7 Å². The zero-order valence-electron chi connectivity index (χ0n) is 16.7. The summed E-state index contributed by atoms with van der Waals surface area (Å²) in [5, 5.41) is 5.46. The lowest BCUT2D eigenvalue weighted by Gasteiger charge is -2.20. The predicted molar refractivity (Wildman–Crippen MR) is 102 cm³/mol. The van der Waals surface area contributed by atoms with Gasteiger partial charge in [0, 0.05) is 0 Å². The third-order valence-electron chi connectivity index (χ3n) is 5.81. The summed E-state index contributed by atoms with van der Waals surface area (Å²) in [6, 6.07) is 6.42. The molecule has 2 fully saturated rings. The summed E-state index contributed by atoms with van der Waals surface area (Å²) in [6.07, 6.45) is 1.05. The van der Waals surface area contributed by atoms with Crippen LogP contribution in [0.25, 0.3) is 0 Å². The molecule has 28 heavy (non-hydrogen) atoms. The van der Waals surface area contributed by atoms with E-state index in [1.165, 1.54) is 9.80 Å². The van der Waals surface area contributed by atoms with Gasteiger partial charge in [-0.3, -0.25) is 19.4 Å². The molecule has 0 radical (unpaired) electrons. The van der Waals surface area contributed by atoms with Crippen LogP contribution in [0.4, 0.5) is 9.59 Å². The fraction of sp³-hybridized carbons (Fsp3) is 0.500. The number of nitrogens with zero attached hydrogens (tertiary/aromatic N) is 2. The SMILES string of the molecule is CC[C@]1(C)NC(=O)N(Cc2ccc(CN3C(=O)N[C@@](C)(CC)C3=O)cc2)C1=O. The fourth-order valence-corrected chi connectivity index (χ4v) is 3.38. The molecule has 0 aromatic heterocycles. The standard InChI is InChI=1S/C20H26N4O4/c1-5-19(3)15(25)23(17(27)21-19)11-13-7-9-14(10-8-13)12-24-16(26)20(4,6-2)22-18(24)28/h7-10H,5-6,11-12H2,1-4H3,(H,21,27)(H,22,28)/t19-,20-/m0/s1. The Bertz CT molecular complexity index is 768. The summed E-state index contributed by atoms with van der Waals surface area (Å²) in [4.78, 5) is 51.6. The second-order valence-electron chi connectivity index (χ2n) is 7.83. The highest BCUT2D eigenvalue weighted by molar-refractivity contribution is 6.07. The van der Waals surface area contributed by atoms with Gasteiger partial charge < -0.3 is 10.6 Å². The van der Waals surface area contributed by atoms with Crippen LogP contribution in [0.3, 0.4) is 0 Å². The fourth-order valence-electron chi connectivity index (χ4n) is 3.38. The Kier molecular flexibility index (Phi) is 4.91. The van der Waals surface area contributed by atoms with Crippen molar-refractivity contribution in [3.8, 4) is 0 Å². The number of carbonyl (C=O) groups is 4. The lowest BCUT2D eigenvalue weighted by molar-refractivity contribution is -0.132. The molecule has 8 heteroatoms. The summed E-state index contributed by atoms with van der Waals surface area (Å²) in [7, 11) is 0. The van der Waals surface area contributed by atoms with Gasteiger partial charge in [0.15, 0.2) is 0 Å². The van der Waals surface area contributed by atoms with Crippen LogP contribution in [0, 0.1) is 0 Å². The maximum Gasteiger partial charge on any atom is 0.325 e. The maximum atomic E-state index is 12.5. The number of imide groups is 2. The maximum absolute atomic E-state index is 12.5. The van der Waals surface area contributed by atoms with Crippen molar-refractivity contribution in [2.75, 3.05) is 0 Å². The van der Waals surface area contributed by atoms with Crippen molar-refractivity contribution in [1.82, 2.24) is 20.4 Å². The van der Waals surface area contributed by atoms with E-state index in [0.717, 1.165) is 11.1 Å². The average molecular weight is 386 g/mol. The molecule has 2 atom stereocenters. The number of urea groups is 2. The molecule has 150 valence electrons. The van der Waals surface area contributed by atoms with Gasteiger partial charge in [0.05, 0.1) is 13.1 Å². The van der Waals surface area contributed by atoms with Crippen LogP contribution in [-0.4, -0.2) is 44.8 Å². The van der Waals surface area contributed by atoms with Gasteiger partial charge in [-0.15, -0.1) is 0 Å². The Morgan fingerprint density at radius 1 is 0.714 bits per heavy atom. The first-order valence-electron chi connectivity index (χ1n) is 9.49. The zero-order chi connectivity index (χ0) is 20.7. The van der Waals surface area contributed by atoms with Crippen molar-refractivity contribution >= 4 is 23.9 Å². The smallest absolute Gasteiger partial charge is 0.323 e. The summed E-state index contributed by atoms with van der Waals surface area (Å²) in [5.41, 5.74) is -0.120. The number of hydrogen-bond donors (Lipinski definition) is 2. The molecule has 2 heterocycles. The molecule has 0 bridgehead atoms. The van der Waals surface area contributed by atoms with E-state index in [2.05, 4.69) is 10.6 Å². The summed E-state index contributed by atoms with van der Waals surface area (Å²) < 4.78 is 0. The molecule has 8 nitrogen and oxygen atoms in total. The monoisotopic (exact) mass is 386 g/mol. The predicted octanol–water partition coefficient (Wildman–Crippen LogP) is 2.13. The summed E-state index contributed by atoms with van der Waals surface area (Å²) in [5.74, 6) is -0.468. The van der Waals surface area contributed by atoms with Gasteiger partial charge in [0.2, 0.25) is 0 Å². The van der Waals surface area contributed by atoms with E-state index in [1.54, 1.807) is 38.1 Å². The van der Waals surface area contributed by atoms with Gasteiger partial charge >= 0.3 is 12.1 Å². The van der Waals surface area contributed by atoms with Crippen molar-refractivity contribution in [3.05, 3.63) is 35.4 Å². The first-order valence-corrected chi connectivity index (χ1v) is 9.49. The van der Waals surface area contributed by atoms with Crippen LogP contribution in [0.15, 0.2) is 24.3 Å². The topological polar surface area (TPSA) is 98.8 Å². The Balaban J connectivity index is 1.68. The van der Waals surface area contributed by atoms with E-state index >= 15 is 0 Å². The van der Waals surface area contributed by atoms with E-state index in [4.69, 9.17) is 0 Å². The van der Waals surface area contributed by atoms with Gasteiger partial charge in [0.25, 0.3) is 11.8 Å². The average Bonchev–Trinajstić information content (AvgIpc) is 3.02. The normalized spacial score (nSPS) is 27.4. The van der Waals surface area contributed by atoms with Gasteiger partial charge in [0.1, 0.15) is 11.1 Å². The molecular weight excluding hydrogens is 360 g/mol. The first kappa shape index (κ1) is 19.9. The van der Waals surface area contributed by atoms with Crippen molar-refractivity contribution in [2.24, 2.45) is 0 Å². The highest BCUT2D eigenvalue weighted by Gasteiger charge is 2.47. The van der Waals surface area contributed by atoms with Crippen LogP contribution < -0.4 is 10.6 Å². The summed E-state index contributed by atoms with van der Waals surface area (Å²) >= 11 is 0. The zero-order valence-corrected chi connectivity index (χ0v) is 16.7. The number of amides is 6. The lowest BCUT2D eigenvalue weighted by Crippen LogP contribution is -2.43. The van der Waals surface area contributed by atoms with E-state index in [0.29, 0.717) is 12.8 Å². The molecule has 2 saturated heterocycles. The van der Waals surface area contributed by atoms with Gasteiger partial charge in [-0.05, 0) is 37.8 Å². The number of carbonyl (C=O) groups excluding carboxylic acids is 4. The third kappa shape index (κ3) is 3.23. The molecule has 2 N–H and O–H groups in total. The highest BCUT2D eigenvalue weighted by atomic mass is 16.2. The Morgan fingerprint density at radius 3 is 1.29 bits per heavy atom. The van der Waals surface area contributed by atoms with E-state index in [1.807, 2.05) is 13.8 Å². The molecule has 6 amide bonds. The minimum absolute atomic E-state index is 0.178. The third-order valence-corrected chi connectivity index (χ3v) is 5.81. The molecule has 0 aliphatic carbocycles. The first-order chi connectivity index (χ1) is 13.1. The van der Waals surface area contributed by atoms with Crippen LogP contribution in [-0.2, 0) is 22.7 Å². The van der Waals surface area contributed by atoms with Gasteiger partial charge in [-0.1, -0.05) is 38.1 Å². The lowest BCUT2D eigenvalue weighted by atomic mass is 9.99. The second kappa shape index (κ2) is 6.92. The summed E-state index contributed by atoms with van der Waals surface area (Å²) in [6.45, 7) is 7.51. The Morgan fingerprint density at radius 2 is 1.04 bits per heavy atom. The van der Waals surface area contributed by atoms with E-state index in [9.17, 15) is 19.2 Å². The van der Waals surface area contributed by atoms with Crippen LogP contribution in [0.2, 0.25) is 0 Å². The van der Waals surface area contributed by atoms with Gasteiger partial charge in [-0.2, -0.15) is 0 Å². The highest BCUT2D eigenvalue weighted by Crippen LogP contribution is 2.24. The van der Waals surface area contributed by atoms with Crippen LogP contribution in [0.1, 0.15) is 51.7 Å². The quantitative estimate of drug-likeness (QED) is 0.732. The Hall–Kier alpha value is -2.90. The number of rotatable bonds is 6. The largest absolute Gasteiger partial charge is 0.325 e. The van der Waals surface area contributed by atoms with Crippen molar-refractivity contribution in [1.29, 1.82) is 0 Å². The van der Waals surface area contributed by atoms with Crippen molar-refractivity contribution < 1.29 is 19.2 Å². The minimum Gasteiger partial charge on any atom is -0.323 e. The molecular formula is C20H26N4O4. The molecule has 1 aromatic rings.